The standard InChI is InChI=1S/C22H35BN4O4.C2H6/c1-5-16(3)12-17(6-2)13-21(23(29)30)26-22(28)10-11-27(25)15-20(24)18-8-7-9-19(14-18)31-4;1-2/h6-9,12,14-15,21,29-30H,5,10-11,13,24-25H2,1-4H3,(H,26,28);1-2H3/b16-12+,17-6+,20-15-;/t21-;/m0./s1. The molecule has 1 aromatic carbocycles. The molecule has 0 saturated heterocycles. The van der Waals surface area contributed by atoms with Gasteiger partial charge in [0, 0.05) is 24.7 Å². The van der Waals surface area contributed by atoms with Gasteiger partial charge in [-0.25, -0.2) is 5.84 Å². The molecule has 0 heterocycles. The van der Waals surface area contributed by atoms with E-state index >= 15 is 0 Å². The van der Waals surface area contributed by atoms with Crippen LogP contribution in [0.15, 0.2) is 53.8 Å². The largest absolute Gasteiger partial charge is 0.497 e. The second kappa shape index (κ2) is 16.8. The number of benzene rings is 1. The summed E-state index contributed by atoms with van der Waals surface area (Å²) in [6.07, 6.45) is 6.71. The van der Waals surface area contributed by atoms with Gasteiger partial charge < -0.3 is 30.8 Å². The number of nitrogens with one attached hydrogen (secondary N) is 1. The minimum absolute atomic E-state index is 0.0661. The van der Waals surface area contributed by atoms with Crippen molar-refractivity contribution in [1.29, 1.82) is 0 Å². The molecule has 0 aromatic heterocycles. The number of hydrazine groups is 1. The van der Waals surface area contributed by atoms with Crippen LogP contribution in [0.25, 0.3) is 5.70 Å². The summed E-state index contributed by atoms with van der Waals surface area (Å²) in [7, 11) is -0.101. The molecule has 0 saturated carbocycles. The van der Waals surface area contributed by atoms with E-state index in [4.69, 9.17) is 16.3 Å². The molecule has 0 spiro atoms. The van der Waals surface area contributed by atoms with Crippen LogP contribution in [0.4, 0.5) is 0 Å². The van der Waals surface area contributed by atoms with Crippen LogP contribution < -0.4 is 21.6 Å². The van der Waals surface area contributed by atoms with Crippen molar-refractivity contribution in [2.75, 3.05) is 13.7 Å². The zero-order valence-electron chi connectivity index (χ0n) is 20.8. The summed E-state index contributed by atoms with van der Waals surface area (Å²) in [6, 6.07) is 7.24. The molecule has 7 N–H and O–H groups in total. The Kier molecular flexibility index (Phi) is 15.4. The van der Waals surface area contributed by atoms with Gasteiger partial charge in [-0.15, -0.1) is 0 Å². The van der Waals surface area contributed by atoms with Crippen molar-refractivity contribution < 1.29 is 19.6 Å². The van der Waals surface area contributed by atoms with E-state index in [1.807, 2.05) is 65.0 Å². The summed E-state index contributed by atoms with van der Waals surface area (Å²) in [5.41, 5.74) is 9.35. The quantitative estimate of drug-likeness (QED) is 0.140. The summed E-state index contributed by atoms with van der Waals surface area (Å²) in [5.74, 6) is 5.46. The Bertz CT molecular complexity index is 809. The third kappa shape index (κ3) is 12.2. The van der Waals surface area contributed by atoms with Gasteiger partial charge in [-0.2, -0.15) is 0 Å². The minimum atomic E-state index is -1.67. The Labute approximate surface area is 199 Å². The van der Waals surface area contributed by atoms with Crippen LogP contribution in [0.5, 0.6) is 5.75 Å². The lowest BCUT2D eigenvalue weighted by Crippen LogP contribution is -2.47. The van der Waals surface area contributed by atoms with Crippen molar-refractivity contribution in [1.82, 2.24) is 10.3 Å². The number of nitrogens with zero attached hydrogens (tertiary/aromatic N) is 1. The number of ether oxygens (including phenoxy) is 1. The first kappa shape index (κ1) is 30.3. The van der Waals surface area contributed by atoms with E-state index in [9.17, 15) is 14.8 Å². The maximum Gasteiger partial charge on any atom is 0.475 e. The molecule has 0 unspecified atom stereocenters. The van der Waals surface area contributed by atoms with Gasteiger partial charge in [0.2, 0.25) is 5.91 Å². The second-order valence-corrected chi connectivity index (χ2v) is 7.30. The lowest BCUT2D eigenvalue weighted by atomic mass is 9.75. The number of amides is 1. The number of hydrogen-bond acceptors (Lipinski definition) is 7. The third-order valence-electron chi connectivity index (χ3n) is 4.83. The average molecular weight is 460 g/mol. The van der Waals surface area contributed by atoms with Crippen LogP contribution in [0.1, 0.15) is 59.4 Å². The number of carbonyl (C=O) groups excluding carboxylic acids is 1. The van der Waals surface area contributed by atoms with Crippen molar-refractivity contribution >= 4 is 18.7 Å². The molecule has 0 bridgehead atoms. The molecule has 33 heavy (non-hydrogen) atoms. The average Bonchev–Trinajstić information content (AvgIpc) is 2.82. The molecular formula is C24H41BN4O4. The van der Waals surface area contributed by atoms with Crippen molar-refractivity contribution in [3.8, 4) is 5.75 Å². The highest BCUT2D eigenvalue weighted by molar-refractivity contribution is 6.43. The zero-order valence-corrected chi connectivity index (χ0v) is 20.8. The first-order valence-corrected chi connectivity index (χ1v) is 11.3. The number of hydrogen-bond donors (Lipinski definition) is 5. The van der Waals surface area contributed by atoms with E-state index in [0.717, 1.165) is 17.6 Å². The summed E-state index contributed by atoms with van der Waals surface area (Å²) >= 11 is 0. The first-order chi connectivity index (χ1) is 15.7. The number of methoxy groups -OCH3 is 1. The lowest BCUT2D eigenvalue weighted by Gasteiger charge is -2.20. The van der Waals surface area contributed by atoms with Crippen LogP contribution in [0.2, 0.25) is 0 Å². The van der Waals surface area contributed by atoms with Crippen LogP contribution in [-0.4, -0.2) is 47.7 Å². The molecule has 0 fully saturated rings. The summed E-state index contributed by atoms with van der Waals surface area (Å²) in [4.78, 5) is 12.3. The van der Waals surface area contributed by atoms with Crippen LogP contribution >= 0.6 is 0 Å². The van der Waals surface area contributed by atoms with Gasteiger partial charge >= 0.3 is 7.12 Å². The molecule has 0 radical (unpaired) electrons. The van der Waals surface area contributed by atoms with Crippen molar-refractivity contribution in [2.45, 2.75) is 59.8 Å². The Morgan fingerprint density at radius 1 is 1.33 bits per heavy atom. The molecule has 0 aliphatic heterocycles. The molecule has 9 heteroatoms. The highest BCUT2D eigenvalue weighted by Gasteiger charge is 2.25. The number of nitrogens with two attached hydrogens (primary N) is 2. The number of rotatable bonds is 12. The van der Waals surface area contributed by atoms with Gasteiger partial charge in [0.1, 0.15) is 5.75 Å². The van der Waals surface area contributed by atoms with E-state index < -0.39 is 13.1 Å². The predicted molar refractivity (Wildman–Crippen MR) is 137 cm³/mol. The number of carbonyl (C=O) groups is 1. The Hall–Kier alpha value is -2.75. The van der Waals surface area contributed by atoms with E-state index in [-0.39, 0.29) is 18.9 Å². The summed E-state index contributed by atoms with van der Waals surface area (Å²) in [5, 5.41) is 23.4. The molecule has 184 valence electrons. The smallest absolute Gasteiger partial charge is 0.475 e. The predicted octanol–water partition coefficient (Wildman–Crippen LogP) is 2.73. The van der Waals surface area contributed by atoms with Gasteiger partial charge in [0.05, 0.1) is 18.7 Å². The van der Waals surface area contributed by atoms with E-state index in [1.165, 1.54) is 16.8 Å². The molecule has 0 aliphatic rings. The number of allylic oxidation sites excluding steroid dienone is 3. The first-order valence-electron chi connectivity index (χ1n) is 11.3. The highest BCUT2D eigenvalue weighted by Crippen LogP contribution is 2.17. The van der Waals surface area contributed by atoms with Crippen molar-refractivity contribution in [3.05, 3.63) is 59.3 Å². The van der Waals surface area contributed by atoms with E-state index in [0.29, 0.717) is 17.9 Å². The summed E-state index contributed by atoms with van der Waals surface area (Å²) < 4.78 is 5.18. The van der Waals surface area contributed by atoms with Crippen molar-refractivity contribution in [3.63, 3.8) is 0 Å². The highest BCUT2D eigenvalue weighted by atomic mass is 16.5. The fourth-order valence-corrected chi connectivity index (χ4v) is 2.79. The topological polar surface area (TPSA) is 134 Å². The molecule has 1 aromatic rings. The third-order valence-corrected chi connectivity index (χ3v) is 4.83. The van der Waals surface area contributed by atoms with Gasteiger partial charge in [-0.3, -0.25) is 4.79 Å². The zero-order chi connectivity index (χ0) is 25.4. The van der Waals surface area contributed by atoms with Gasteiger partial charge in [-0.1, -0.05) is 56.2 Å². The molecular weight excluding hydrogens is 419 g/mol. The molecule has 0 aliphatic carbocycles. The Morgan fingerprint density at radius 3 is 2.55 bits per heavy atom. The monoisotopic (exact) mass is 460 g/mol. The molecule has 1 amide bonds. The second-order valence-electron chi connectivity index (χ2n) is 7.30. The normalized spacial score (nSPS) is 12.9. The van der Waals surface area contributed by atoms with E-state index in [1.54, 1.807) is 13.2 Å². The van der Waals surface area contributed by atoms with Gasteiger partial charge in [0.15, 0.2) is 0 Å². The van der Waals surface area contributed by atoms with Gasteiger partial charge in [0.25, 0.3) is 0 Å². The van der Waals surface area contributed by atoms with E-state index in [2.05, 4.69) is 5.32 Å². The molecule has 8 nitrogen and oxygen atoms in total. The van der Waals surface area contributed by atoms with Gasteiger partial charge in [-0.05, 0) is 38.8 Å². The maximum atomic E-state index is 12.3. The van der Waals surface area contributed by atoms with Crippen LogP contribution in [-0.2, 0) is 4.79 Å². The minimum Gasteiger partial charge on any atom is -0.497 e. The van der Waals surface area contributed by atoms with Crippen LogP contribution in [0.3, 0.4) is 0 Å². The Morgan fingerprint density at radius 2 is 2.00 bits per heavy atom. The fraction of sp³-hybridized carbons (Fsp3) is 0.458. The Balaban J connectivity index is 0.00000497. The maximum absolute atomic E-state index is 12.3. The van der Waals surface area contributed by atoms with Crippen LogP contribution in [0, 0.1) is 0 Å². The summed E-state index contributed by atoms with van der Waals surface area (Å²) in [6.45, 7) is 10.1. The molecule has 1 rings (SSSR count). The molecule has 1 atom stereocenters. The SMILES string of the molecule is C/C=C(\C=C(/C)CC)C[C@H](NC(=O)CCN(N)/C=C(\N)c1cccc(OC)c1)B(O)O.CC. The lowest BCUT2D eigenvalue weighted by molar-refractivity contribution is -0.121. The van der Waals surface area contributed by atoms with Crippen molar-refractivity contribution in [2.24, 2.45) is 11.6 Å². The fourth-order valence-electron chi connectivity index (χ4n) is 2.79.